The lowest BCUT2D eigenvalue weighted by molar-refractivity contribution is 0.605. The lowest BCUT2D eigenvalue weighted by Crippen LogP contribution is -2.09. The molecule has 0 bridgehead atoms. The largest absolute Gasteiger partial charge is 0.284 e. The van der Waals surface area contributed by atoms with E-state index in [0.717, 1.165) is 23.6 Å². The number of rotatable bonds is 5. The molecule has 0 heterocycles. The van der Waals surface area contributed by atoms with Gasteiger partial charge in [0.15, 0.2) is 0 Å². The Bertz CT molecular complexity index is 781. The summed E-state index contributed by atoms with van der Waals surface area (Å²) in [4.78, 5) is 0. The number of benzene rings is 2. The Morgan fingerprint density at radius 3 is 1.09 bits per heavy atom. The van der Waals surface area contributed by atoms with Crippen molar-refractivity contribution in [1.82, 2.24) is 0 Å². The van der Waals surface area contributed by atoms with E-state index in [2.05, 4.69) is 9.44 Å². The zero-order chi connectivity index (χ0) is 16.4. The van der Waals surface area contributed by atoms with Gasteiger partial charge in [0.25, 0.3) is 0 Å². The van der Waals surface area contributed by atoms with Crippen molar-refractivity contribution < 1.29 is 16.8 Å². The van der Waals surface area contributed by atoms with Crippen LogP contribution in [0.5, 0.6) is 0 Å². The van der Waals surface area contributed by atoms with Crippen LogP contribution in [0.4, 0.5) is 11.4 Å². The molecule has 2 N–H and O–H groups in total. The normalized spacial score (nSPS) is 11.9. The fourth-order valence-corrected chi connectivity index (χ4v) is 3.02. The molecule has 8 heteroatoms. The van der Waals surface area contributed by atoms with Gasteiger partial charge in [-0.1, -0.05) is 24.3 Å². The van der Waals surface area contributed by atoms with Gasteiger partial charge in [0.2, 0.25) is 20.0 Å². The van der Waals surface area contributed by atoms with Crippen LogP contribution in [0.3, 0.4) is 0 Å². The average molecular weight is 340 g/mol. The molecule has 2 rings (SSSR count). The van der Waals surface area contributed by atoms with Crippen LogP contribution in [0, 0.1) is 0 Å². The van der Waals surface area contributed by atoms with E-state index in [1.807, 2.05) is 0 Å². The molecule has 6 nitrogen and oxygen atoms in total. The summed E-state index contributed by atoms with van der Waals surface area (Å²) in [5.74, 6) is 0. The van der Waals surface area contributed by atoms with Gasteiger partial charge in [0.1, 0.15) is 0 Å². The fraction of sp³-hybridized carbons (Fsp3) is 0.143. The van der Waals surface area contributed by atoms with E-state index in [0.29, 0.717) is 11.4 Å². The number of sulfonamides is 2. The highest BCUT2D eigenvalue weighted by Crippen LogP contribution is 2.23. The monoisotopic (exact) mass is 340 g/mol. The molecule has 0 unspecified atom stereocenters. The van der Waals surface area contributed by atoms with Gasteiger partial charge < -0.3 is 0 Å². The SMILES string of the molecule is CS(=O)(=O)Nc1ccc(-c2ccc(NS(C)(=O)=O)cc2)cc1. The summed E-state index contributed by atoms with van der Waals surface area (Å²) in [5.41, 5.74) is 2.76. The third kappa shape index (κ3) is 5.05. The maximum Gasteiger partial charge on any atom is 0.229 e. The van der Waals surface area contributed by atoms with Crippen LogP contribution in [0.15, 0.2) is 48.5 Å². The molecule has 0 amide bonds. The second kappa shape index (κ2) is 5.98. The minimum absolute atomic E-state index is 0.488. The summed E-state index contributed by atoms with van der Waals surface area (Å²) in [6.45, 7) is 0. The van der Waals surface area contributed by atoms with Crippen molar-refractivity contribution in [3.8, 4) is 11.1 Å². The van der Waals surface area contributed by atoms with E-state index in [9.17, 15) is 16.8 Å². The minimum atomic E-state index is -3.29. The van der Waals surface area contributed by atoms with Gasteiger partial charge in [-0.25, -0.2) is 16.8 Å². The molecule has 0 radical (unpaired) electrons. The lowest BCUT2D eigenvalue weighted by atomic mass is 10.1. The molecule has 0 aliphatic heterocycles. The Morgan fingerprint density at radius 1 is 0.591 bits per heavy atom. The Labute approximate surface area is 130 Å². The molecule has 118 valence electrons. The molecule has 2 aromatic rings. The topological polar surface area (TPSA) is 92.3 Å². The van der Waals surface area contributed by atoms with Crippen LogP contribution in [-0.4, -0.2) is 29.3 Å². The lowest BCUT2D eigenvalue weighted by Gasteiger charge is -2.07. The second-order valence-corrected chi connectivity index (χ2v) is 8.40. The Hall–Kier alpha value is -2.06. The Balaban J connectivity index is 2.18. The molecule has 22 heavy (non-hydrogen) atoms. The predicted octanol–water partition coefficient (Wildman–Crippen LogP) is 2.10. The van der Waals surface area contributed by atoms with Gasteiger partial charge in [0.05, 0.1) is 12.5 Å². The van der Waals surface area contributed by atoms with E-state index < -0.39 is 20.0 Å². The van der Waals surface area contributed by atoms with Crippen molar-refractivity contribution >= 4 is 31.4 Å². The molecule has 0 aromatic heterocycles. The first-order valence-electron chi connectivity index (χ1n) is 6.28. The van der Waals surface area contributed by atoms with E-state index in [1.54, 1.807) is 48.5 Å². The second-order valence-electron chi connectivity index (χ2n) is 4.90. The zero-order valence-corrected chi connectivity index (χ0v) is 13.7. The van der Waals surface area contributed by atoms with Crippen molar-refractivity contribution in [1.29, 1.82) is 0 Å². The van der Waals surface area contributed by atoms with E-state index >= 15 is 0 Å². The van der Waals surface area contributed by atoms with E-state index in [4.69, 9.17) is 0 Å². The Kier molecular flexibility index (Phi) is 4.43. The molecular formula is C14H16N2O4S2. The number of hydrogen-bond donors (Lipinski definition) is 2. The van der Waals surface area contributed by atoms with Gasteiger partial charge in [-0.2, -0.15) is 0 Å². The third-order valence-corrected chi connectivity index (χ3v) is 3.92. The highest BCUT2D eigenvalue weighted by molar-refractivity contribution is 7.92. The summed E-state index contributed by atoms with van der Waals surface area (Å²) in [5, 5.41) is 0. The number of hydrogen-bond acceptors (Lipinski definition) is 4. The molecule has 0 aliphatic carbocycles. The third-order valence-electron chi connectivity index (χ3n) is 2.71. The van der Waals surface area contributed by atoms with Gasteiger partial charge >= 0.3 is 0 Å². The first-order valence-corrected chi connectivity index (χ1v) is 10.1. The molecule has 0 spiro atoms. The molecule has 0 fully saturated rings. The smallest absolute Gasteiger partial charge is 0.229 e. The van der Waals surface area contributed by atoms with Crippen molar-refractivity contribution in [3.05, 3.63) is 48.5 Å². The predicted molar refractivity (Wildman–Crippen MR) is 88.8 cm³/mol. The first-order chi connectivity index (χ1) is 10.1. The summed E-state index contributed by atoms with van der Waals surface area (Å²) in [6, 6.07) is 13.8. The first kappa shape index (κ1) is 16.3. The Morgan fingerprint density at radius 2 is 0.864 bits per heavy atom. The summed E-state index contributed by atoms with van der Waals surface area (Å²) in [7, 11) is -6.59. The van der Waals surface area contributed by atoms with Crippen molar-refractivity contribution in [3.63, 3.8) is 0 Å². The van der Waals surface area contributed by atoms with Crippen LogP contribution in [0.25, 0.3) is 11.1 Å². The standard InChI is InChI=1S/C14H16N2O4S2/c1-21(17,18)15-13-7-3-11(4-8-13)12-5-9-14(10-6-12)16-22(2,19)20/h3-10,15-16H,1-2H3. The molecule has 0 atom stereocenters. The van der Waals surface area contributed by atoms with Gasteiger partial charge in [-0.3, -0.25) is 9.44 Å². The van der Waals surface area contributed by atoms with Crippen molar-refractivity contribution in [2.45, 2.75) is 0 Å². The molecule has 0 saturated carbocycles. The molecule has 0 aliphatic rings. The maximum atomic E-state index is 11.1. The van der Waals surface area contributed by atoms with Crippen molar-refractivity contribution in [2.75, 3.05) is 22.0 Å². The average Bonchev–Trinajstić information content (AvgIpc) is 2.37. The van der Waals surface area contributed by atoms with Crippen molar-refractivity contribution in [2.24, 2.45) is 0 Å². The fourth-order valence-electron chi connectivity index (χ4n) is 1.89. The maximum absolute atomic E-state index is 11.1. The zero-order valence-electron chi connectivity index (χ0n) is 12.1. The molecule has 0 saturated heterocycles. The van der Waals surface area contributed by atoms with Crippen LogP contribution in [-0.2, 0) is 20.0 Å². The summed E-state index contributed by atoms with van der Waals surface area (Å²) < 4.78 is 49.3. The summed E-state index contributed by atoms with van der Waals surface area (Å²) >= 11 is 0. The van der Waals surface area contributed by atoms with Crippen LogP contribution in [0.1, 0.15) is 0 Å². The highest BCUT2D eigenvalue weighted by Gasteiger charge is 2.04. The van der Waals surface area contributed by atoms with Gasteiger partial charge in [-0.15, -0.1) is 0 Å². The minimum Gasteiger partial charge on any atom is -0.284 e. The summed E-state index contributed by atoms with van der Waals surface area (Å²) in [6.07, 6.45) is 2.18. The van der Waals surface area contributed by atoms with E-state index in [1.165, 1.54) is 0 Å². The van der Waals surface area contributed by atoms with Crippen LogP contribution < -0.4 is 9.44 Å². The quantitative estimate of drug-likeness (QED) is 0.872. The van der Waals surface area contributed by atoms with Gasteiger partial charge in [-0.05, 0) is 35.4 Å². The molecule has 2 aromatic carbocycles. The van der Waals surface area contributed by atoms with Crippen LogP contribution in [0.2, 0.25) is 0 Å². The molecular weight excluding hydrogens is 324 g/mol. The van der Waals surface area contributed by atoms with E-state index in [-0.39, 0.29) is 0 Å². The number of nitrogens with one attached hydrogen (secondary N) is 2. The van der Waals surface area contributed by atoms with Gasteiger partial charge in [0, 0.05) is 11.4 Å². The highest BCUT2D eigenvalue weighted by atomic mass is 32.2. The number of anilines is 2. The van der Waals surface area contributed by atoms with Crippen LogP contribution >= 0.6 is 0 Å².